The van der Waals surface area contributed by atoms with Crippen molar-refractivity contribution in [1.29, 1.82) is 0 Å². The van der Waals surface area contributed by atoms with Gasteiger partial charge in [0.1, 0.15) is 36.6 Å². The number of carboxylic acids is 1. The van der Waals surface area contributed by atoms with E-state index in [4.69, 9.17) is 28.4 Å². The number of carboxylic acid groups (broad SMARTS) is 1. The molecular weight excluding hydrogens is 506 g/mol. The summed E-state index contributed by atoms with van der Waals surface area (Å²) in [4.78, 5) is 14.7. The van der Waals surface area contributed by atoms with Gasteiger partial charge in [0.25, 0.3) is 0 Å². The normalized spacial score (nSPS) is 35.5. The first-order valence-corrected chi connectivity index (χ1v) is 13.4. The van der Waals surface area contributed by atoms with Gasteiger partial charge in [-0.25, -0.2) is 4.79 Å². The van der Waals surface area contributed by atoms with Gasteiger partial charge in [-0.05, 0) is 24.8 Å². The maximum atomic E-state index is 11.8. The van der Waals surface area contributed by atoms with Crippen molar-refractivity contribution in [1.82, 2.24) is 0 Å². The van der Waals surface area contributed by atoms with Gasteiger partial charge in [-0.2, -0.15) is 0 Å². The quantitative estimate of drug-likeness (QED) is 0.0885. The number of unbranched alkanes of at least 4 members (excludes halogenated alkanes) is 3. The highest BCUT2D eigenvalue weighted by Crippen LogP contribution is 2.33. The summed E-state index contributed by atoms with van der Waals surface area (Å²) in [6, 6.07) is -1.01. The van der Waals surface area contributed by atoms with E-state index < -0.39 is 73.9 Å². The van der Waals surface area contributed by atoms with E-state index >= 15 is 0 Å². The molecular formula is C24H43N3O11. The summed E-state index contributed by atoms with van der Waals surface area (Å²) in [6.45, 7) is 6.12. The highest BCUT2D eigenvalue weighted by atomic mass is 16.7. The smallest absolute Gasteiger partial charge is 0.335 e. The van der Waals surface area contributed by atoms with Crippen LogP contribution in [-0.4, -0.2) is 114 Å². The summed E-state index contributed by atoms with van der Waals surface area (Å²) >= 11 is 0. The number of ether oxygens (including phenoxy) is 6. The van der Waals surface area contributed by atoms with Crippen LogP contribution in [0.3, 0.4) is 0 Å². The molecule has 0 amide bonds. The molecule has 14 nitrogen and oxygen atoms in total. The van der Waals surface area contributed by atoms with Crippen molar-refractivity contribution in [3.05, 3.63) is 10.4 Å². The van der Waals surface area contributed by atoms with Crippen LogP contribution in [0.1, 0.15) is 59.3 Å². The van der Waals surface area contributed by atoms with E-state index in [9.17, 15) is 30.8 Å². The van der Waals surface area contributed by atoms with Gasteiger partial charge in [0, 0.05) is 24.7 Å². The third kappa shape index (κ3) is 8.71. The molecule has 0 aromatic rings. The first-order valence-electron chi connectivity index (χ1n) is 13.4. The van der Waals surface area contributed by atoms with Crippen LogP contribution in [0.25, 0.3) is 10.4 Å². The molecule has 2 aliphatic heterocycles. The Hall–Kier alpha value is -1.58. The van der Waals surface area contributed by atoms with Crippen LogP contribution >= 0.6 is 0 Å². The maximum Gasteiger partial charge on any atom is 0.335 e. The summed E-state index contributed by atoms with van der Waals surface area (Å²) < 4.78 is 34.9. The average molecular weight is 550 g/mol. The largest absolute Gasteiger partial charge is 0.479 e. The standard InChI is InChI=1S/C24H43N3O11/c1-4-7-10-33-19-15(26-27-25)23(35-12-9-6-3)36-14(13-28)18(19)37-24-17(30)20(34-11-8-5-2)16(29)21(38-24)22(31)32/h14-21,23-24,28-30H,4-13H2,1-3H3,(H,31,32)/t14?,15-,16-,17?,18+,19?,20+,21?,23?,24+/m0/s1. The predicted molar refractivity (Wildman–Crippen MR) is 132 cm³/mol. The van der Waals surface area contributed by atoms with Crippen LogP contribution in [-0.2, 0) is 33.2 Å². The Morgan fingerprint density at radius 3 is 1.97 bits per heavy atom. The van der Waals surface area contributed by atoms with E-state index in [2.05, 4.69) is 10.0 Å². The summed E-state index contributed by atoms with van der Waals surface area (Å²) in [6.07, 6.45) is -7.59. The number of aliphatic hydroxyl groups is 3. The summed E-state index contributed by atoms with van der Waals surface area (Å²) in [5.41, 5.74) is 9.26. The van der Waals surface area contributed by atoms with E-state index in [0.717, 1.165) is 25.7 Å². The second-order valence-corrected chi connectivity index (χ2v) is 9.37. The molecule has 2 rings (SSSR count). The first-order chi connectivity index (χ1) is 18.3. The minimum absolute atomic E-state index is 0.179. The van der Waals surface area contributed by atoms with Crippen LogP contribution in [0.4, 0.5) is 0 Å². The van der Waals surface area contributed by atoms with Gasteiger partial charge in [0.2, 0.25) is 0 Å². The van der Waals surface area contributed by atoms with Gasteiger partial charge in [-0.1, -0.05) is 45.1 Å². The monoisotopic (exact) mass is 549 g/mol. The molecule has 38 heavy (non-hydrogen) atoms. The Bertz CT molecular complexity index is 741. The molecule has 2 heterocycles. The van der Waals surface area contributed by atoms with Gasteiger partial charge in [-0.3, -0.25) is 0 Å². The third-order valence-corrected chi connectivity index (χ3v) is 6.45. The molecule has 2 aliphatic rings. The zero-order chi connectivity index (χ0) is 28.1. The lowest BCUT2D eigenvalue weighted by Crippen LogP contribution is -2.65. The molecule has 14 heteroatoms. The Morgan fingerprint density at radius 2 is 1.45 bits per heavy atom. The van der Waals surface area contributed by atoms with Crippen molar-refractivity contribution < 1.29 is 53.6 Å². The molecule has 0 aliphatic carbocycles. The minimum atomic E-state index is -1.75. The van der Waals surface area contributed by atoms with Crippen molar-refractivity contribution in [2.75, 3.05) is 26.4 Å². The predicted octanol–water partition coefficient (Wildman–Crippen LogP) is 1.49. The van der Waals surface area contributed by atoms with Crippen molar-refractivity contribution in [3.63, 3.8) is 0 Å². The fraction of sp³-hybridized carbons (Fsp3) is 0.958. The number of aliphatic carboxylic acids is 1. The van der Waals surface area contributed by atoms with E-state index in [1.54, 1.807) is 0 Å². The van der Waals surface area contributed by atoms with Crippen molar-refractivity contribution in [2.24, 2.45) is 5.11 Å². The van der Waals surface area contributed by atoms with Crippen molar-refractivity contribution in [3.8, 4) is 0 Å². The van der Waals surface area contributed by atoms with Gasteiger partial charge >= 0.3 is 5.97 Å². The Labute approximate surface area is 222 Å². The number of rotatable bonds is 17. The molecule has 0 radical (unpaired) electrons. The highest BCUT2D eigenvalue weighted by molar-refractivity contribution is 5.73. The van der Waals surface area contributed by atoms with Gasteiger partial charge in [0.05, 0.1) is 12.7 Å². The van der Waals surface area contributed by atoms with Crippen molar-refractivity contribution >= 4 is 5.97 Å². The Morgan fingerprint density at radius 1 is 0.868 bits per heavy atom. The molecule has 0 bridgehead atoms. The lowest BCUT2D eigenvalue weighted by atomic mass is 9.95. The Balaban J connectivity index is 2.35. The molecule has 220 valence electrons. The zero-order valence-electron chi connectivity index (χ0n) is 22.3. The van der Waals surface area contributed by atoms with Crippen LogP contribution in [0.2, 0.25) is 0 Å². The first kappa shape index (κ1) is 32.6. The molecule has 10 atom stereocenters. The topological polar surface area (TPSA) is 202 Å². The van der Waals surface area contributed by atoms with Crippen LogP contribution in [0.5, 0.6) is 0 Å². The van der Waals surface area contributed by atoms with Crippen LogP contribution in [0, 0.1) is 0 Å². The third-order valence-electron chi connectivity index (χ3n) is 6.45. The molecule has 2 fully saturated rings. The average Bonchev–Trinajstić information content (AvgIpc) is 2.89. The number of hydrogen-bond donors (Lipinski definition) is 4. The number of azide groups is 1. The summed E-state index contributed by atoms with van der Waals surface area (Å²) in [5, 5.41) is 45.1. The number of carbonyl (C=O) groups is 1. The second kappa shape index (κ2) is 17.2. The van der Waals surface area contributed by atoms with Crippen LogP contribution < -0.4 is 0 Å². The lowest BCUT2D eigenvalue weighted by Gasteiger charge is -2.47. The molecule has 0 aromatic carbocycles. The lowest BCUT2D eigenvalue weighted by molar-refractivity contribution is -0.348. The number of nitrogens with zero attached hydrogens (tertiary/aromatic N) is 3. The second-order valence-electron chi connectivity index (χ2n) is 9.37. The van der Waals surface area contributed by atoms with Gasteiger partial charge in [-0.15, -0.1) is 0 Å². The molecule has 0 spiro atoms. The molecule has 2 saturated heterocycles. The highest BCUT2D eigenvalue weighted by Gasteiger charge is 2.53. The fourth-order valence-corrected chi connectivity index (χ4v) is 4.29. The Kier molecular flexibility index (Phi) is 14.8. The molecule has 0 saturated carbocycles. The molecule has 0 aromatic heterocycles. The summed E-state index contributed by atoms with van der Waals surface area (Å²) in [5.74, 6) is -1.47. The summed E-state index contributed by atoms with van der Waals surface area (Å²) in [7, 11) is 0. The maximum absolute atomic E-state index is 11.8. The molecule has 5 unspecified atom stereocenters. The van der Waals surface area contributed by atoms with E-state index in [1.807, 2.05) is 20.8 Å². The zero-order valence-corrected chi connectivity index (χ0v) is 22.3. The van der Waals surface area contributed by atoms with E-state index in [1.165, 1.54) is 0 Å². The van der Waals surface area contributed by atoms with Crippen LogP contribution in [0.15, 0.2) is 5.11 Å². The van der Waals surface area contributed by atoms with E-state index in [0.29, 0.717) is 19.4 Å². The SMILES string of the molecule is CCCCOC1OC(CO)[C@@H](O[C@@H]2OC(C(=O)O)[C@@H](O)[C@@H](OCCCC)C2O)C(OCCCC)[C@@H]1N=[N+]=[N-]. The minimum Gasteiger partial charge on any atom is -0.479 e. The number of aliphatic hydroxyl groups excluding tert-OH is 3. The van der Waals surface area contributed by atoms with Crippen molar-refractivity contribution in [2.45, 2.75) is 121 Å². The number of hydrogen-bond acceptors (Lipinski definition) is 11. The van der Waals surface area contributed by atoms with Gasteiger partial charge in [0.15, 0.2) is 18.7 Å². The molecule has 4 N–H and O–H groups in total. The fourth-order valence-electron chi connectivity index (χ4n) is 4.29. The van der Waals surface area contributed by atoms with Gasteiger partial charge < -0.3 is 48.8 Å². The van der Waals surface area contributed by atoms with E-state index in [-0.39, 0.29) is 13.2 Å².